The number of phenolic OH excluding ortho intramolecular Hbond substituents is 2. The van der Waals surface area contributed by atoms with Gasteiger partial charge in [0.15, 0.2) is 17.9 Å². The van der Waals surface area contributed by atoms with Crippen molar-refractivity contribution in [3.63, 3.8) is 0 Å². The molecule has 0 spiro atoms. The van der Waals surface area contributed by atoms with Crippen LogP contribution in [-0.4, -0.2) is 104 Å². The number of hydrogen-bond acceptors (Lipinski definition) is 14. The highest BCUT2D eigenvalue weighted by molar-refractivity contribution is 6.31. The smallest absolute Gasteiger partial charge is 0.320 e. The number of rotatable bonds is 7. The highest BCUT2D eigenvalue weighted by Gasteiger charge is 2.50. The zero-order valence-corrected chi connectivity index (χ0v) is 27.5. The van der Waals surface area contributed by atoms with Gasteiger partial charge in [-0.25, -0.2) is 0 Å². The van der Waals surface area contributed by atoms with Gasteiger partial charge in [0.05, 0.1) is 42.1 Å². The summed E-state index contributed by atoms with van der Waals surface area (Å²) in [5, 5.41) is 61.9. The van der Waals surface area contributed by atoms with E-state index in [-0.39, 0.29) is 52.7 Å². The standard InChI is InChI=1S/C27H29NO11.C5H11NO2.ClH/c1-10-22(31)13(28)6-17(38-10)39-15-8-27(36,16(30)9-29)7-12-19(15)26(35)21-20(24(12)33)23(32)11-4-3-5-14(37-2)18(11)25(21)34;1-3(2)4(6)5(7)8;/h3-5,10,13,15,17,22,29,31,33,35-36H,6-9,28H2,1-2H3;3-4H,6H2,1-2H3,(H,7,8);1H/t10-,13-,15-,17-,22+,27-;4-;/m00./s1. The quantitative estimate of drug-likeness (QED) is 0.156. The number of hydrogen-bond donors (Lipinski definition) is 8. The van der Waals surface area contributed by atoms with Crippen molar-refractivity contribution in [1.29, 1.82) is 0 Å². The summed E-state index contributed by atoms with van der Waals surface area (Å²) in [5.41, 5.74) is 7.53. The van der Waals surface area contributed by atoms with Gasteiger partial charge < -0.3 is 56.3 Å². The molecule has 1 heterocycles. The van der Waals surface area contributed by atoms with Crippen molar-refractivity contribution < 1.29 is 64.0 Å². The summed E-state index contributed by atoms with van der Waals surface area (Å²) in [5.74, 6) is -4.68. The van der Waals surface area contributed by atoms with Crippen LogP contribution in [0.5, 0.6) is 17.2 Å². The molecule has 10 N–H and O–H groups in total. The van der Waals surface area contributed by atoms with Crippen LogP contribution in [0, 0.1) is 5.92 Å². The van der Waals surface area contributed by atoms with E-state index in [2.05, 4.69) is 0 Å². The van der Waals surface area contributed by atoms with Crippen molar-refractivity contribution in [3.8, 4) is 17.2 Å². The number of fused-ring (bicyclic) bond motifs is 3. The normalized spacial score (nSPS) is 26.6. The molecule has 0 saturated carbocycles. The van der Waals surface area contributed by atoms with E-state index < -0.39 is 108 Å². The number of aliphatic hydroxyl groups excluding tert-OH is 2. The molecular weight excluding hydrogens is 656 g/mol. The molecule has 0 radical (unpaired) electrons. The van der Waals surface area contributed by atoms with E-state index in [1.54, 1.807) is 20.8 Å². The topological polar surface area (TPSA) is 269 Å². The van der Waals surface area contributed by atoms with Crippen molar-refractivity contribution in [1.82, 2.24) is 0 Å². The van der Waals surface area contributed by atoms with Gasteiger partial charge in [-0.15, -0.1) is 12.4 Å². The lowest BCUT2D eigenvalue weighted by Gasteiger charge is -2.42. The lowest BCUT2D eigenvalue weighted by Crippen LogP contribution is -2.53. The first-order valence-electron chi connectivity index (χ1n) is 14.9. The van der Waals surface area contributed by atoms with Gasteiger partial charge in [0.2, 0.25) is 5.78 Å². The third-order valence-corrected chi connectivity index (χ3v) is 8.81. The lowest BCUT2D eigenvalue weighted by molar-refractivity contribution is -0.247. The molecule has 1 aliphatic heterocycles. The van der Waals surface area contributed by atoms with E-state index in [1.807, 2.05) is 0 Å². The molecule has 15 nitrogen and oxygen atoms in total. The number of nitrogens with two attached hydrogens (primary N) is 2. The molecule has 3 aliphatic rings. The van der Waals surface area contributed by atoms with Crippen molar-refractivity contribution >= 4 is 35.7 Å². The minimum absolute atomic E-state index is 0. The molecule has 0 aromatic heterocycles. The molecule has 0 unspecified atom stereocenters. The Labute approximate surface area is 281 Å². The number of ether oxygens (including phenoxy) is 3. The number of aliphatic hydroxyl groups is 3. The van der Waals surface area contributed by atoms with Crippen molar-refractivity contribution in [2.24, 2.45) is 17.4 Å². The largest absolute Gasteiger partial charge is 0.507 e. The first-order valence-corrected chi connectivity index (χ1v) is 14.9. The van der Waals surface area contributed by atoms with Crippen LogP contribution in [0.25, 0.3) is 0 Å². The summed E-state index contributed by atoms with van der Waals surface area (Å²) < 4.78 is 17.0. The molecule has 0 bridgehead atoms. The van der Waals surface area contributed by atoms with E-state index in [1.165, 1.54) is 25.3 Å². The molecule has 16 heteroatoms. The van der Waals surface area contributed by atoms with Crippen LogP contribution in [-0.2, 0) is 25.5 Å². The number of carbonyl (C=O) groups is 4. The predicted octanol–water partition coefficient (Wildman–Crippen LogP) is 0.477. The van der Waals surface area contributed by atoms with Gasteiger partial charge in [0.1, 0.15) is 35.5 Å². The van der Waals surface area contributed by atoms with Crippen LogP contribution in [0.3, 0.4) is 0 Å². The van der Waals surface area contributed by atoms with Gasteiger partial charge in [0, 0.05) is 42.0 Å². The van der Waals surface area contributed by atoms with Crippen LogP contribution in [0.2, 0.25) is 0 Å². The number of aromatic hydroxyl groups is 2. The van der Waals surface area contributed by atoms with Gasteiger partial charge in [-0.05, 0) is 18.9 Å². The third kappa shape index (κ3) is 6.91. The number of carbonyl (C=O) groups excluding carboxylic acids is 3. The fraction of sp³-hybridized carbons (Fsp3) is 0.500. The molecule has 2 aromatic rings. The molecule has 2 aliphatic carbocycles. The Hall–Kier alpha value is -3.67. The summed E-state index contributed by atoms with van der Waals surface area (Å²) in [6, 6.07) is 2.92. The average molecular weight is 697 g/mol. The summed E-state index contributed by atoms with van der Waals surface area (Å²) >= 11 is 0. The van der Waals surface area contributed by atoms with Crippen molar-refractivity contribution in [3.05, 3.63) is 51.6 Å². The zero-order valence-electron chi connectivity index (χ0n) is 26.7. The molecule has 5 rings (SSSR count). The minimum Gasteiger partial charge on any atom is -0.507 e. The molecule has 1 saturated heterocycles. The number of methoxy groups -OCH3 is 1. The SMILES string of the molecule is CC(C)[C@H](N)C(=O)O.COc1cccc2c1C(=O)c1c(O)c3c(c(O)c1C2=O)C[C@@](O)(C(=O)CO)C[C@@H]3O[C@H]1C[C@H](N)[C@H](O)[C@H](C)O1.Cl. The van der Waals surface area contributed by atoms with Crippen LogP contribution < -0.4 is 16.2 Å². The molecule has 1 fully saturated rings. The van der Waals surface area contributed by atoms with Crippen LogP contribution in [0.15, 0.2) is 18.2 Å². The number of Topliss-reactive ketones (excluding diaryl/α,β-unsaturated/α-hetero) is 1. The second kappa shape index (κ2) is 14.8. The molecule has 7 atom stereocenters. The lowest BCUT2D eigenvalue weighted by atomic mass is 9.72. The van der Waals surface area contributed by atoms with E-state index in [0.717, 1.165) is 0 Å². The Kier molecular flexibility index (Phi) is 12.0. The second-order valence-corrected chi connectivity index (χ2v) is 12.3. The maximum atomic E-state index is 13.6. The Balaban J connectivity index is 0.000000619. The second-order valence-electron chi connectivity index (χ2n) is 12.3. The van der Waals surface area contributed by atoms with E-state index >= 15 is 0 Å². The van der Waals surface area contributed by atoms with E-state index in [4.69, 9.17) is 30.8 Å². The summed E-state index contributed by atoms with van der Waals surface area (Å²) in [4.78, 5) is 49.8. The van der Waals surface area contributed by atoms with Crippen LogP contribution >= 0.6 is 12.4 Å². The number of halogens is 1. The number of carboxylic acid groups (broad SMARTS) is 1. The average Bonchev–Trinajstić information content (AvgIpc) is 3.02. The summed E-state index contributed by atoms with van der Waals surface area (Å²) in [6.45, 7) is 4.11. The fourth-order valence-corrected chi connectivity index (χ4v) is 6.04. The molecule has 264 valence electrons. The maximum absolute atomic E-state index is 13.6. The molecular formula is C32H41ClN2O13. The summed E-state index contributed by atoms with van der Waals surface area (Å²) in [6.07, 6.45) is -5.12. The highest BCUT2D eigenvalue weighted by atomic mass is 35.5. The fourth-order valence-electron chi connectivity index (χ4n) is 6.04. The first-order chi connectivity index (χ1) is 22.0. The monoisotopic (exact) mass is 696 g/mol. The Morgan fingerprint density at radius 1 is 1.10 bits per heavy atom. The predicted molar refractivity (Wildman–Crippen MR) is 169 cm³/mol. The number of benzene rings is 2. The van der Waals surface area contributed by atoms with E-state index in [9.17, 15) is 44.7 Å². The van der Waals surface area contributed by atoms with Gasteiger partial charge >= 0.3 is 5.97 Å². The van der Waals surface area contributed by atoms with Crippen molar-refractivity contribution in [2.45, 2.75) is 82.3 Å². The first kappa shape index (κ1) is 38.8. The maximum Gasteiger partial charge on any atom is 0.320 e. The molecule has 0 amide bonds. The Morgan fingerprint density at radius 3 is 2.25 bits per heavy atom. The Bertz CT molecular complexity index is 1590. The van der Waals surface area contributed by atoms with Gasteiger partial charge in [-0.1, -0.05) is 26.0 Å². The van der Waals surface area contributed by atoms with Crippen molar-refractivity contribution in [2.75, 3.05) is 13.7 Å². The van der Waals surface area contributed by atoms with Crippen LogP contribution in [0.1, 0.15) is 82.7 Å². The number of phenols is 2. The molecule has 48 heavy (non-hydrogen) atoms. The van der Waals surface area contributed by atoms with Gasteiger partial charge in [-0.3, -0.25) is 19.2 Å². The van der Waals surface area contributed by atoms with Crippen LogP contribution in [0.4, 0.5) is 0 Å². The molecule has 2 aromatic carbocycles. The number of carboxylic acids is 1. The van der Waals surface area contributed by atoms with Gasteiger partial charge in [0.25, 0.3) is 0 Å². The third-order valence-electron chi connectivity index (χ3n) is 8.81. The number of aliphatic carboxylic acids is 1. The summed E-state index contributed by atoms with van der Waals surface area (Å²) in [7, 11) is 1.32. The van der Waals surface area contributed by atoms with Gasteiger partial charge in [-0.2, -0.15) is 0 Å². The Morgan fingerprint density at radius 2 is 1.73 bits per heavy atom. The highest BCUT2D eigenvalue weighted by Crippen LogP contribution is 2.52. The van der Waals surface area contributed by atoms with E-state index in [0.29, 0.717) is 0 Å². The zero-order chi connectivity index (χ0) is 35.1. The minimum atomic E-state index is -2.24. The number of ketones is 3.